The smallest absolute Gasteiger partial charge is 0.410 e. The number of benzene rings is 1. The lowest BCUT2D eigenvalue weighted by Crippen LogP contribution is -2.38. The van der Waals surface area contributed by atoms with Gasteiger partial charge in [0.15, 0.2) is 0 Å². The fourth-order valence-electron chi connectivity index (χ4n) is 2.46. The van der Waals surface area contributed by atoms with E-state index in [1.807, 2.05) is 32.9 Å². The average Bonchev–Trinajstić information content (AvgIpc) is 2.59. The van der Waals surface area contributed by atoms with Crippen molar-refractivity contribution >= 4 is 23.4 Å². The Bertz CT molecular complexity index is 540. The summed E-state index contributed by atoms with van der Waals surface area (Å²) in [7, 11) is 0. The fourth-order valence-corrected chi connectivity index (χ4v) is 2.69. The summed E-state index contributed by atoms with van der Waals surface area (Å²) in [5.41, 5.74) is 5.18. The highest BCUT2D eigenvalue weighted by Crippen LogP contribution is 2.30. The third-order valence-corrected chi connectivity index (χ3v) is 3.75. The number of hydrazine groups is 1. The maximum absolute atomic E-state index is 12.2. The molecule has 1 aliphatic rings. The highest BCUT2D eigenvalue weighted by Gasteiger charge is 2.25. The summed E-state index contributed by atoms with van der Waals surface area (Å²) in [6.45, 7) is 6.83. The van der Waals surface area contributed by atoms with Gasteiger partial charge in [0.05, 0.1) is 10.7 Å². The van der Waals surface area contributed by atoms with Crippen molar-refractivity contribution in [2.45, 2.75) is 39.2 Å². The van der Waals surface area contributed by atoms with Crippen LogP contribution in [0.1, 0.15) is 31.9 Å². The molecule has 0 spiro atoms. The van der Waals surface area contributed by atoms with Crippen LogP contribution < -0.4 is 11.3 Å². The van der Waals surface area contributed by atoms with Crippen molar-refractivity contribution in [3.05, 3.63) is 28.3 Å². The van der Waals surface area contributed by atoms with Crippen molar-refractivity contribution in [2.75, 3.05) is 18.5 Å². The summed E-state index contributed by atoms with van der Waals surface area (Å²) in [4.78, 5) is 13.9. The lowest BCUT2D eigenvalue weighted by molar-refractivity contribution is 0.0258. The second-order valence-corrected chi connectivity index (χ2v) is 6.58. The minimum absolute atomic E-state index is 0.274. The molecule has 1 aromatic rings. The Morgan fingerprint density at radius 2 is 2.00 bits per heavy atom. The maximum Gasteiger partial charge on any atom is 0.410 e. The van der Waals surface area contributed by atoms with Crippen molar-refractivity contribution in [1.82, 2.24) is 4.90 Å². The van der Waals surface area contributed by atoms with Crippen molar-refractivity contribution in [1.29, 1.82) is 0 Å². The largest absolute Gasteiger partial charge is 0.444 e. The van der Waals surface area contributed by atoms with Crippen LogP contribution in [0.15, 0.2) is 12.1 Å². The van der Waals surface area contributed by atoms with E-state index in [2.05, 4.69) is 5.43 Å². The van der Waals surface area contributed by atoms with E-state index in [1.165, 1.54) is 5.56 Å². The minimum atomic E-state index is -0.483. The molecule has 0 saturated carbocycles. The third-order valence-electron chi connectivity index (χ3n) is 3.44. The number of anilines is 1. The Balaban J connectivity index is 2.16. The van der Waals surface area contributed by atoms with Crippen molar-refractivity contribution < 1.29 is 9.53 Å². The fraction of sp³-hybridized carbons (Fsp3) is 0.533. The number of rotatable bonds is 1. The lowest BCUT2D eigenvalue weighted by atomic mass is 10.0. The molecular formula is C15H22ClN3O2. The molecule has 0 aromatic heterocycles. The number of ether oxygens (including phenoxy) is 1. The molecule has 1 amide bonds. The van der Waals surface area contributed by atoms with Gasteiger partial charge in [0.1, 0.15) is 5.60 Å². The van der Waals surface area contributed by atoms with E-state index in [0.29, 0.717) is 24.5 Å². The summed E-state index contributed by atoms with van der Waals surface area (Å²) >= 11 is 6.15. The zero-order valence-corrected chi connectivity index (χ0v) is 13.5. The lowest BCUT2D eigenvalue weighted by Gasteiger charge is -2.26. The Hall–Kier alpha value is -1.46. The average molecular weight is 312 g/mol. The van der Waals surface area contributed by atoms with Crippen LogP contribution in [0, 0.1) is 0 Å². The van der Waals surface area contributed by atoms with Gasteiger partial charge in [0.2, 0.25) is 0 Å². The second kappa shape index (κ2) is 6.12. The number of halogens is 1. The summed E-state index contributed by atoms with van der Waals surface area (Å²) in [5.74, 6) is 5.56. The number of nitrogens with one attached hydrogen (secondary N) is 1. The molecular weight excluding hydrogens is 290 g/mol. The second-order valence-electron chi connectivity index (χ2n) is 6.17. The van der Waals surface area contributed by atoms with Crippen LogP contribution in [0.2, 0.25) is 5.02 Å². The first-order valence-electron chi connectivity index (χ1n) is 7.06. The van der Waals surface area contributed by atoms with Gasteiger partial charge in [0, 0.05) is 13.1 Å². The Labute approximate surface area is 130 Å². The molecule has 5 nitrogen and oxygen atoms in total. The highest BCUT2D eigenvalue weighted by atomic mass is 35.5. The van der Waals surface area contributed by atoms with Gasteiger partial charge in [-0.05, 0) is 50.8 Å². The topological polar surface area (TPSA) is 67.6 Å². The van der Waals surface area contributed by atoms with Gasteiger partial charge < -0.3 is 15.1 Å². The molecule has 0 bridgehead atoms. The van der Waals surface area contributed by atoms with E-state index in [1.54, 1.807) is 4.90 Å². The number of carbonyl (C=O) groups is 1. The standard InChI is InChI=1S/C15H22ClN3O2/c1-15(2,3)21-14(20)19-8-6-10-4-5-12(16)13(18-17)11(10)7-9-19/h4-5,18H,6-9,17H2,1-3H3. The van der Waals surface area contributed by atoms with Crippen LogP contribution in [0.25, 0.3) is 0 Å². The summed E-state index contributed by atoms with van der Waals surface area (Å²) in [5, 5.41) is 0.599. The van der Waals surface area contributed by atoms with Crippen LogP contribution in [-0.4, -0.2) is 29.7 Å². The monoisotopic (exact) mass is 311 g/mol. The molecule has 2 rings (SSSR count). The minimum Gasteiger partial charge on any atom is -0.444 e. The van der Waals surface area contributed by atoms with Gasteiger partial charge in [-0.25, -0.2) is 4.79 Å². The molecule has 21 heavy (non-hydrogen) atoms. The van der Waals surface area contributed by atoms with E-state index in [-0.39, 0.29) is 6.09 Å². The number of carbonyl (C=O) groups excluding carboxylic acids is 1. The first-order valence-corrected chi connectivity index (χ1v) is 7.44. The molecule has 0 atom stereocenters. The number of hydrogen-bond acceptors (Lipinski definition) is 4. The quantitative estimate of drug-likeness (QED) is 0.618. The van der Waals surface area contributed by atoms with Crippen LogP contribution in [0.4, 0.5) is 10.5 Å². The van der Waals surface area contributed by atoms with Crippen molar-refractivity contribution in [3.8, 4) is 0 Å². The van der Waals surface area contributed by atoms with Gasteiger partial charge >= 0.3 is 6.09 Å². The summed E-state index contributed by atoms with van der Waals surface area (Å²) in [6.07, 6.45) is 1.19. The number of nitrogen functional groups attached to an aromatic ring is 1. The zero-order chi connectivity index (χ0) is 15.6. The van der Waals surface area contributed by atoms with Gasteiger partial charge in [-0.1, -0.05) is 17.7 Å². The molecule has 3 N–H and O–H groups in total. The molecule has 116 valence electrons. The predicted octanol–water partition coefficient (Wildman–Crippen LogP) is 2.96. The predicted molar refractivity (Wildman–Crippen MR) is 84.5 cm³/mol. The Morgan fingerprint density at radius 1 is 1.33 bits per heavy atom. The van der Waals surface area contributed by atoms with E-state index < -0.39 is 5.60 Å². The van der Waals surface area contributed by atoms with Crippen molar-refractivity contribution in [2.24, 2.45) is 5.84 Å². The van der Waals surface area contributed by atoms with E-state index in [0.717, 1.165) is 17.7 Å². The SMILES string of the molecule is CC(C)(C)OC(=O)N1CCc2ccc(Cl)c(NN)c2CC1. The van der Waals surface area contributed by atoms with Crippen LogP contribution in [0.5, 0.6) is 0 Å². The first-order chi connectivity index (χ1) is 9.81. The highest BCUT2D eigenvalue weighted by molar-refractivity contribution is 6.33. The van der Waals surface area contributed by atoms with Gasteiger partial charge in [-0.2, -0.15) is 0 Å². The third kappa shape index (κ3) is 3.80. The normalized spacial score (nSPS) is 15.2. The maximum atomic E-state index is 12.2. The van der Waals surface area contributed by atoms with Crippen LogP contribution in [0.3, 0.4) is 0 Å². The zero-order valence-electron chi connectivity index (χ0n) is 12.7. The van der Waals surface area contributed by atoms with Crippen LogP contribution >= 0.6 is 11.6 Å². The molecule has 0 aliphatic carbocycles. The Kier molecular flexibility index (Phi) is 4.64. The van der Waals surface area contributed by atoms with E-state index >= 15 is 0 Å². The Morgan fingerprint density at radius 3 is 2.62 bits per heavy atom. The molecule has 0 radical (unpaired) electrons. The number of hydrogen-bond donors (Lipinski definition) is 2. The van der Waals surface area contributed by atoms with Gasteiger partial charge in [-0.3, -0.25) is 5.84 Å². The molecule has 6 heteroatoms. The van der Waals surface area contributed by atoms with E-state index in [9.17, 15) is 4.79 Å². The molecule has 0 unspecified atom stereocenters. The molecule has 1 heterocycles. The van der Waals surface area contributed by atoms with Gasteiger partial charge in [-0.15, -0.1) is 0 Å². The number of amides is 1. The number of fused-ring (bicyclic) bond motifs is 1. The number of nitrogens with two attached hydrogens (primary N) is 1. The first kappa shape index (κ1) is 15.9. The number of nitrogens with zero attached hydrogens (tertiary/aromatic N) is 1. The summed E-state index contributed by atoms with van der Waals surface area (Å²) in [6, 6.07) is 3.83. The molecule has 1 aromatic carbocycles. The summed E-state index contributed by atoms with van der Waals surface area (Å²) < 4.78 is 5.43. The molecule has 1 aliphatic heterocycles. The van der Waals surface area contributed by atoms with Gasteiger partial charge in [0.25, 0.3) is 0 Å². The molecule has 0 fully saturated rings. The van der Waals surface area contributed by atoms with E-state index in [4.69, 9.17) is 22.2 Å². The van der Waals surface area contributed by atoms with Crippen molar-refractivity contribution in [3.63, 3.8) is 0 Å². The molecule has 0 saturated heterocycles. The van der Waals surface area contributed by atoms with Crippen LogP contribution in [-0.2, 0) is 17.6 Å².